The Kier molecular flexibility index (Phi) is 7.90. The fourth-order valence-corrected chi connectivity index (χ4v) is 2.80. The number of hydrogen-bond acceptors (Lipinski definition) is 5. The fourth-order valence-electron chi connectivity index (χ4n) is 2.67. The van der Waals surface area contributed by atoms with Gasteiger partial charge in [-0.05, 0) is 79.2 Å². The highest BCUT2D eigenvalue weighted by Gasteiger charge is 2.09. The second kappa shape index (κ2) is 11.0. The molecule has 6 nitrogen and oxygen atoms in total. The second-order valence-electron chi connectivity index (χ2n) is 6.59. The molecule has 0 saturated heterocycles. The molecule has 0 radical (unpaired) electrons. The molecule has 0 heterocycles. The molecule has 3 rings (SSSR count). The molecule has 0 aliphatic carbocycles. The molecule has 0 bridgehead atoms. The van der Waals surface area contributed by atoms with Crippen molar-refractivity contribution in [2.24, 2.45) is 0 Å². The first kappa shape index (κ1) is 22.2. The van der Waals surface area contributed by atoms with Crippen LogP contribution in [0.5, 0.6) is 17.2 Å². The van der Waals surface area contributed by atoms with Crippen LogP contribution in [0.3, 0.4) is 0 Å². The lowest BCUT2D eigenvalue weighted by Gasteiger charge is -2.08. The van der Waals surface area contributed by atoms with Gasteiger partial charge in [0.2, 0.25) is 0 Å². The lowest BCUT2D eigenvalue weighted by molar-refractivity contribution is -0.134. The molecule has 31 heavy (non-hydrogen) atoms. The molecule has 0 atom stereocenters. The zero-order chi connectivity index (χ0) is 22.1. The largest absolute Gasteiger partial charge is 0.497 e. The lowest BCUT2D eigenvalue weighted by atomic mass is 10.2. The van der Waals surface area contributed by atoms with E-state index in [0.29, 0.717) is 46.5 Å². The Morgan fingerprint density at radius 3 is 2.10 bits per heavy atom. The Hall–Kier alpha value is -3.51. The highest BCUT2D eigenvalue weighted by atomic mass is 35.5. The number of anilines is 1. The molecule has 0 aromatic heterocycles. The number of carbonyl (C=O) groups excluding carboxylic acids is 2. The second-order valence-corrected chi connectivity index (χ2v) is 7.02. The summed E-state index contributed by atoms with van der Waals surface area (Å²) in [5, 5.41) is 3.44. The summed E-state index contributed by atoms with van der Waals surface area (Å²) < 4.78 is 15.9. The zero-order valence-electron chi connectivity index (χ0n) is 17.0. The van der Waals surface area contributed by atoms with E-state index in [4.69, 9.17) is 25.8 Å². The number of benzene rings is 3. The normalized spacial score (nSPS) is 10.3. The van der Waals surface area contributed by atoms with E-state index in [1.54, 1.807) is 79.9 Å². The summed E-state index contributed by atoms with van der Waals surface area (Å²) in [6.45, 7) is 0.390. The quantitative estimate of drug-likeness (QED) is 0.276. The highest BCUT2D eigenvalue weighted by molar-refractivity contribution is 6.30. The van der Waals surface area contributed by atoms with Crippen molar-refractivity contribution in [2.45, 2.75) is 12.8 Å². The number of esters is 1. The summed E-state index contributed by atoms with van der Waals surface area (Å²) >= 11 is 5.82. The van der Waals surface area contributed by atoms with Gasteiger partial charge in [-0.1, -0.05) is 11.6 Å². The van der Waals surface area contributed by atoms with Crippen LogP contribution in [0.1, 0.15) is 23.2 Å². The van der Waals surface area contributed by atoms with Gasteiger partial charge >= 0.3 is 5.97 Å². The molecule has 1 N–H and O–H groups in total. The fraction of sp³-hybridized carbons (Fsp3) is 0.167. The van der Waals surface area contributed by atoms with Crippen LogP contribution in [0.2, 0.25) is 5.02 Å². The Bertz CT molecular complexity index is 1000. The monoisotopic (exact) mass is 439 g/mol. The van der Waals surface area contributed by atoms with E-state index < -0.39 is 0 Å². The van der Waals surface area contributed by atoms with Crippen LogP contribution in [0.4, 0.5) is 5.69 Å². The highest BCUT2D eigenvalue weighted by Crippen LogP contribution is 2.18. The van der Waals surface area contributed by atoms with Crippen molar-refractivity contribution in [1.29, 1.82) is 0 Å². The summed E-state index contributed by atoms with van der Waals surface area (Å²) in [7, 11) is 1.58. The average molecular weight is 440 g/mol. The van der Waals surface area contributed by atoms with Gasteiger partial charge in [0.25, 0.3) is 5.91 Å². The number of halogens is 1. The maximum Gasteiger partial charge on any atom is 0.311 e. The topological polar surface area (TPSA) is 73.9 Å². The van der Waals surface area contributed by atoms with Gasteiger partial charge < -0.3 is 19.5 Å². The maximum absolute atomic E-state index is 12.3. The molecule has 3 aromatic carbocycles. The van der Waals surface area contributed by atoms with Crippen LogP contribution >= 0.6 is 11.6 Å². The van der Waals surface area contributed by atoms with E-state index in [0.717, 1.165) is 0 Å². The lowest BCUT2D eigenvalue weighted by Crippen LogP contribution is -2.12. The number of carbonyl (C=O) groups is 2. The third kappa shape index (κ3) is 7.04. The predicted molar refractivity (Wildman–Crippen MR) is 119 cm³/mol. The Morgan fingerprint density at radius 1 is 0.839 bits per heavy atom. The number of rotatable bonds is 9. The minimum Gasteiger partial charge on any atom is -0.497 e. The molecule has 3 aromatic rings. The summed E-state index contributed by atoms with van der Waals surface area (Å²) in [5.74, 6) is 1.16. The molecule has 7 heteroatoms. The molecular weight excluding hydrogens is 418 g/mol. The van der Waals surface area contributed by atoms with Crippen LogP contribution in [-0.2, 0) is 4.79 Å². The molecule has 0 aliphatic rings. The number of nitrogens with one attached hydrogen (secondary N) is 1. The van der Waals surface area contributed by atoms with Crippen LogP contribution in [0.25, 0.3) is 0 Å². The van der Waals surface area contributed by atoms with Gasteiger partial charge in [0.15, 0.2) is 0 Å². The van der Waals surface area contributed by atoms with Gasteiger partial charge in [0.1, 0.15) is 17.2 Å². The molecule has 0 fully saturated rings. The minimum atomic E-state index is -0.366. The average Bonchev–Trinajstić information content (AvgIpc) is 2.79. The Labute approximate surface area is 185 Å². The van der Waals surface area contributed by atoms with Crippen molar-refractivity contribution in [3.8, 4) is 17.2 Å². The van der Waals surface area contributed by atoms with E-state index in [1.807, 2.05) is 0 Å². The first-order valence-electron chi connectivity index (χ1n) is 9.68. The van der Waals surface area contributed by atoms with Crippen molar-refractivity contribution in [3.63, 3.8) is 0 Å². The first-order chi connectivity index (χ1) is 15.0. The standard InChI is InChI=1S/C24H22ClNO5/c1-29-20-14-8-19(9-15-20)26-24(28)17-4-10-22(11-5-17)31-23(27)3-2-16-30-21-12-6-18(25)7-13-21/h4-15H,2-3,16H2,1H3,(H,26,28). The van der Waals surface area contributed by atoms with E-state index in [1.165, 1.54) is 0 Å². The molecule has 160 valence electrons. The van der Waals surface area contributed by atoms with Crippen molar-refractivity contribution < 1.29 is 23.8 Å². The number of ether oxygens (including phenoxy) is 3. The van der Waals surface area contributed by atoms with E-state index in [9.17, 15) is 9.59 Å². The van der Waals surface area contributed by atoms with E-state index in [-0.39, 0.29) is 18.3 Å². The predicted octanol–water partition coefficient (Wildman–Crippen LogP) is 5.37. The van der Waals surface area contributed by atoms with Gasteiger partial charge in [0, 0.05) is 22.7 Å². The summed E-state index contributed by atoms with van der Waals surface area (Å²) in [5.41, 5.74) is 1.11. The van der Waals surface area contributed by atoms with Gasteiger partial charge in [-0.25, -0.2) is 0 Å². The Balaban J connectivity index is 1.42. The van der Waals surface area contributed by atoms with Crippen LogP contribution < -0.4 is 19.5 Å². The zero-order valence-corrected chi connectivity index (χ0v) is 17.7. The van der Waals surface area contributed by atoms with E-state index in [2.05, 4.69) is 5.32 Å². The molecular formula is C24H22ClNO5. The Morgan fingerprint density at radius 2 is 1.45 bits per heavy atom. The van der Waals surface area contributed by atoms with Gasteiger partial charge in [-0.2, -0.15) is 0 Å². The summed E-state index contributed by atoms with van der Waals surface area (Å²) in [6.07, 6.45) is 0.733. The van der Waals surface area contributed by atoms with Gasteiger partial charge in [0.05, 0.1) is 13.7 Å². The number of methoxy groups -OCH3 is 1. The van der Waals surface area contributed by atoms with Crippen LogP contribution in [0.15, 0.2) is 72.8 Å². The molecule has 0 unspecified atom stereocenters. The number of hydrogen-bond donors (Lipinski definition) is 1. The molecule has 0 aliphatic heterocycles. The van der Waals surface area contributed by atoms with Crippen molar-refractivity contribution in [2.75, 3.05) is 19.0 Å². The van der Waals surface area contributed by atoms with Crippen molar-refractivity contribution in [3.05, 3.63) is 83.4 Å². The minimum absolute atomic E-state index is 0.216. The van der Waals surface area contributed by atoms with Crippen molar-refractivity contribution in [1.82, 2.24) is 0 Å². The third-order valence-electron chi connectivity index (χ3n) is 4.30. The van der Waals surface area contributed by atoms with E-state index >= 15 is 0 Å². The smallest absolute Gasteiger partial charge is 0.311 e. The molecule has 0 spiro atoms. The van der Waals surface area contributed by atoms with Gasteiger partial charge in [-0.15, -0.1) is 0 Å². The molecule has 1 amide bonds. The summed E-state index contributed by atoms with van der Waals surface area (Å²) in [6, 6.07) is 20.4. The third-order valence-corrected chi connectivity index (χ3v) is 4.56. The van der Waals surface area contributed by atoms with Crippen LogP contribution in [-0.4, -0.2) is 25.6 Å². The number of amides is 1. The van der Waals surface area contributed by atoms with Crippen molar-refractivity contribution >= 4 is 29.2 Å². The maximum atomic E-state index is 12.3. The first-order valence-corrected chi connectivity index (χ1v) is 10.1. The molecule has 0 saturated carbocycles. The van der Waals surface area contributed by atoms with Gasteiger partial charge in [-0.3, -0.25) is 9.59 Å². The van der Waals surface area contributed by atoms with Crippen LogP contribution in [0, 0.1) is 0 Å². The SMILES string of the molecule is COc1ccc(NC(=O)c2ccc(OC(=O)CCCOc3ccc(Cl)cc3)cc2)cc1. The summed E-state index contributed by atoms with van der Waals surface area (Å²) in [4.78, 5) is 24.3.